The van der Waals surface area contributed by atoms with Gasteiger partial charge in [0.05, 0.1) is 6.42 Å². The molecule has 0 saturated heterocycles. The highest BCUT2D eigenvalue weighted by atomic mass is 19.2. The topological polar surface area (TPSA) is 54.0 Å². The zero-order valence-corrected chi connectivity index (χ0v) is 15.6. The number of aromatic nitrogens is 1. The molecular weight excluding hydrogens is 405 g/mol. The number of amides is 1. The van der Waals surface area contributed by atoms with Gasteiger partial charge in [0.25, 0.3) is 11.9 Å². The second kappa shape index (κ2) is 8.89. The van der Waals surface area contributed by atoms with Gasteiger partial charge in [-0.3, -0.25) is 4.79 Å². The van der Waals surface area contributed by atoms with Crippen molar-refractivity contribution in [1.29, 1.82) is 0 Å². The lowest BCUT2D eigenvalue weighted by Crippen LogP contribution is -2.16. The van der Waals surface area contributed by atoms with Crippen LogP contribution in [0.5, 0.6) is 0 Å². The summed E-state index contributed by atoms with van der Waals surface area (Å²) >= 11 is 0. The van der Waals surface area contributed by atoms with E-state index >= 15 is 0 Å². The van der Waals surface area contributed by atoms with Gasteiger partial charge in [0.2, 0.25) is 17.5 Å². The third kappa shape index (κ3) is 4.73. The number of hydrogen-bond donors (Lipinski definition) is 2. The van der Waals surface area contributed by atoms with Crippen LogP contribution in [0.4, 0.5) is 33.3 Å². The zero-order chi connectivity index (χ0) is 21.8. The molecule has 1 unspecified atom stereocenters. The van der Waals surface area contributed by atoms with Crippen molar-refractivity contribution in [2.24, 2.45) is 0 Å². The predicted molar refractivity (Wildman–Crippen MR) is 101 cm³/mol. The Bertz CT molecular complexity index is 1060. The highest BCUT2D eigenvalue weighted by Gasteiger charge is 2.22. The van der Waals surface area contributed by atoms with Crippen molar-refractivity contribution >= 4 is 17.3 Å². The van der Waals surface area contributed by atoms with Crippen LogP contribution in [-0.2, 0) is 11.2 Å². The molecule has 0 spiro atoms. The summed E-state index contributed by atoms with van der Waals surface area (Å²) in [5.74, 6) is -7.78. The van der Waals surface area contributed by atoms with E-state index in [1.807, 2.05) is 0 Å². The van der Waals surface area contributed by atoms with Gasteiger partial charge in [-0.25, -0.2) is 4.39 Å². The second-order valence-electron chi connectivity index (χ2n) is 6.50. The molecule has 2 N–H and O–H groups in total. The van der Waals surface area contributed by atoms with E-state index in [1.54, 1.807) is 24.3 Å². The molecule has 9 heteroatoms. The van der Waals surface area contributed by atoms with Crippen LogP contribution in [0.1, 0.15) is 24.1 Å². The molecule has 1 atom stereocenters. The lowest BCUT2D eigenvalue weighted by Gasteiger charge is -2.18. The lowest BCUT2D eigenvalue weighted by atomic mass is 10.1. The summed E-state index contributed by atoms with van der Waals surface area (Å²) in [5.41, 5.74) is 0.0704. The maximum absolute atomic E-state index is 13.8. The molecule has 1 amide bonds. The average Bonchev–Trinajstić information content (AvgIpc) is 2.71. The Kier molecular flexibility index (Phi) is 6.29. The van der Waals surface area contributed by atoms with Gasteiger partial charge in [0, 0.05) is 11.7 Å². The van der Waals surface area contributed by atoms with Crippen LogP contribution in [0.25, 0.3) is 0 Å². The van der Waals surface area contributed by atoms with Crippen LogP contribution >= 0.6 is 0 Å². The molecule has 0 radical (unpaired) electrons. The molecule has 2 aromatic carbocycles. The van der Waals surface area contributed by atoms with Gasteiger partial charge in [0.15, 0.2) is 0 Å². The molecule has 0 bridgehead atoms. The Morgan fingerprint density at radius 1 is 0.967 bits per heavy atom. The number of nitrogens with zero attached hydrogens (tertiary/aromatic N) is 1. The number of nitrogens with one attached hydrogen (secondary N) is 2. The number of hydrogen-bond acceptors (Lipinski definition) is 3. The molecule has 3 rings (SSSR count). The molecule has 3 aromatic rings. The highest BCUT2D eigenvalue weighted by molar-refractivity contribution is 5.92. The second-order valence-corrected chi connectivity index (χ2v) is 6.50. The van der Waals surface area contributed by atoms with Gasteiger partial charge in [-0.15, -0.1) is 0 Å². The lowest BCUT2D eigenvalue weighted by molar-refractivity contribution is -0.115. The van der Waals surface area contributed by atoms with Gasteiger partial charge in [-0.05, 0) is 36.2 Å². The van der Waals surface area contributed by atoms with Crippen LogP contribution in [0.2, 0.25) is 0 Å². The SMILES string of the molecule is CC(Nc1c(F)c(F)nc(F)c1F)c1cccc(NC(=O)Cc2ccccc2F)c1. The average molecular weight is 421 g/mol. The Morgan fingerprint density at radius 2 is 1.63 bits per heavy atom. The first-order chi connectivity index (χ1) is 14.3. The van der Waals surface area contributed by atoms with Crippen molar-refractivity contribution in [3.05, 3.63) is 89.0 Å². The van der Waals surface area contributed by atoms with E-state index in [-0.39, 0.29) is 12.0 Å². The molecular formula is C21H16F5N3O. The Morgan fingerprint density at radius 3 is 2.30 bits per heavy atom. The minimum absolute atomic E-state index is 0.184. The van der Waals surface area contributed by atoms with Gasteiger partial charge < -0.3 is 10.6 Å². The van der Waals surface area contributed by atoms with Crippen LogP contribution in [0.3, 0.4) is 0 Å². The van der Waals surface area contributed by atoms with Crippen molar-refractivity contribution in [3.8, 4) is 0 Å². The molecule has 4 nitrogen and oxygen atoms in total. The van der Waals surface area contributed by atoms with E-state index in [1.165, 1.54) is 31.2 Å². The number of halogens is 5. The molecule has 0 aliphatic heterocycles. The molecule has 1 heterocycles. The fourth-order valence-corrected chi connectivity index (χ4v) is 2.82. The van der Waals surface area contributed by atoms with E-state index in [0.29, 0.717) is 11.3 Å². The fraction of sp³-hybridized carbons (Fsp3) is 0.143. The van der Waals surface area contributed by atoms with Crippen molar-refractivity contribution in [3.63, 3.8) is 0 Å². The summed E-state index contributed by atoms with van der Waals surface area (Å²) in [4.78, 5) is 14.7. The van der Waals surface area contributed by atoms with Crippen molar-refractivity contribution < 1.29 is 26.7 Å². The number of carbonyl (C=O) groups is 1. The first-order valence-electron chi connectivity index (χ1n) is 8.86. The van der Waals surface area contributed by atoms with Crippen molar-refractivity contribution in [1.82, 2.24) is 4.98 Å². The summed E-state index contributed by atoms with van der Waals surface area (Å²) in [6, 6.07) is 11.3. The van der Waals surface area contributed by atoms with E-state index in [0.717, 1.165) is 0 Å². The maximum Gasteiger partial charge on any atom is 0.253 e. The third-order valence-electron chi connectivity index (χ3n) is 4.34. The standard InChI is InChI=1S/C21H16F5N3O/c1-11(27-19-17(23)20(25)29-21(26)18(19)24)12-6-4-7-14(9-12)28-16(30)10-13-5-2-3-8-15(13)22/h2-9,11H,10H2,1H3,(H,27,29)(H,28,30). The van der Waals surface area contributed by atoms with Crippen molar-refractivity contribution in [2.75, 3.05) is 10.6 Å². The highest BCUT2D eigenvalue weighted by Crippen LogP contribution is 2.27. The zero-order valence-electron chi connectivity index (χ0n) is 15.6. The third-order valence-corrected chi connectivity index (χ3v) is 4.34. The summed E-state index contributed by atoms with van der Waals surface area (Å²) in [5, 5.41) is 4.98. The summed E-state index contributed by atoms with van der Waals surface area (Å²) in [6.07, 6.45) is -0.184. The van der Waals surface area contributed by atoms with E-state index < -0.39 is 47.0 Å². The Hall–Kier alpha value is -3.49. The number of anilines is 2. The quantitative estimate of drug-likeness (QED) is 0.429. The molecule has 0 saturated carbocycles. The first-order valence-corrected chi connectivity index (χ1v) is 8.86. The van der Waals surface area contributed by atoms with Crippen LogP contribution < -0.4 is 10.6 Å². The predicted octanol–water partition coefficient (Wildman–Crippen LogP) is 5.13. The Balaban J connectivity index is 1.74. The molecule has 0 aliphatic rings. The molecule has 1 aromatic heterocycles. The van der Waals surface area contributed by atoms with Gasteiger partial charge in [0.1, 0.15) is 11.5 Å². The minimum Gasteiger partial charge on any atom is -0.373 e. The fourth-order valence-electron chi connectivity index (χ4n) is 2.82. The normalized spacial score (nSPS) is 11.8. The van der Waals surface area contributed by atoms with E-state index in [9.17, 15) is 26.7 Å². The van der Waals surface area contributed by atoms with Crippen LogP contribution in [0.15, 0.2) is 48.5 Å². The molecule has 0 aliphatic carbocycles. The van der Waals surface area contributed by atoms with Gasteiger partial charge in [-0.2, -0.15) is 22.5 Å². The summed E-state index contributed by atoms with van der Waals surface area (Å²) < 4.78 is 67.9. The molecule has 30 heavy (non-hydrogen) atoms. The smallest absolute Gasteiger partial charge is 0.253 e. The van der Waals surface area contributed by atoms with Crippen molar-refractivity contribution in [2.45, 2.75) is 19.4 Å². The van der Waals surface area contributed by atoms with Gasteiger partial charge in [-0.1, -0.05) is 30.3 Å². The number of rotatable bonds is 6. The number of benzene rings is 2. The Labute approximate surface area is 168 Å². The first kappa shape index (κ1) is 21.2. The minimum atomic E-state index is -1.77. The molecule has 0 fully saturated rings. The largest absolute Gasteiger partial charge is 0.373 e. The maximum atomic E-state index is 13.8. The van der Waals surface area contributed by atoms with Gasteiger partial charge >= 0.3 is 0 Å². The summed E-state index contributed by atoms with van der Waals surface area (Å²) in [7, 11) is 0. The number of pyridine rings is 1. The van der Waals surface area contributed by atoms with E-state index in [2.05, 4.69) is 15.6 Å². The molecule has 156 valence electrons. The summed E-state index contributed by atoms with van der Waals surface area (Å²) in [6.45, 7) is 1.51. The van der Waals surface area contributed by atoms with Crippen LogP contribution in [0, 0.1) is 29.3 Å². The number of carbonyl (C=O) groups excluding carboxylic acids is 1. The monoisotopic (exact) mass is 421 g/mol. The van der Waals surface area contributed by atoms with Crippen LogP contribution in [-0.4, -0.2) is 10.9 Å². The van der Waals surface area contributed by atoms with E-state index in [4.69, 9.17) is 0 Å².